The highest BCUT2D eigenvalue weighted by Gasteiger charge is 2.35. The van der Waals surface area contributed by atoms with E-state index in [1.165, 1.54) is 6.33 Å². The van der Waals surface area contributed by atoms with Crippen molar-refractivity contribution in [3.05, 3.63) is 23.9 Å². The van der Waals surface area contributed by atoms with Crippen molar-refractivity contribution in [3.8, 4) is 0 Å². The highest BCUT2D eigenvalue weighted by molar-refractivity contribution is 5.86. The van der Waals surface area contributed by atoms with Gasteiger partial charge in [0.1, 0.15) is 11.8 Å². The summed E-state index contributed by atoms with van der Waals surface area (Å²) >= 11 is 0. The van der Waals surface area contributed by atoms with Crippen LogP contribution in [0.25, 0.3) is 11.0 Å². The third-order valence-electron chi connectivity index (χ3n) is 4.02. The second-order valence-corrected chi connectivity index (χ2v) is 5.43. The van der Waals surface area contributed by atoms with Gasteiger partial charge >= 0.3 is 0 Å². The number of hydrogen-bond donors (Lipinski definition) is 4. The molecule has 4 heterocycles. The molecule has 1 aliphatic rings. The van der Waals surface area contributed by atoms with Crippen molar-refractivity contribution in [2.24, 2.45) is 0 Å². The second kappa shape index (κ2) is 5.00. The van der Waals surface area contributed by atoms with E-state index >= 15 is 0 Å². The Morgan fingerprint density at radius 2 is 2.27 bits per heavy atom. The summed E-state index contributed by atoms with van der Waals surface area (Å²) in [7, 11) is 0. The van der Waals surface area contributed by atoms with Gasteiger partial charge in [-0.3, -0.25) is 4.90 Å². The van der Waals surface area contributed by atoms with E-state index in [0.29, 0.717) is 31.3 Å². The number of nitrogens with zero attached hydrogens (tertiary/aromatic N) is 6. The zero-order valence-electron chi connectivity index (χ0n) is 11.6. The van der Waals surface area contributed by atoms with Gasteiger partial charge in [0.25, 0.3) is 0 Å². The van der Waals surface area contributed by atoms with Crippen LogP contribution in [0.2, 0.25) is 0 Å². The molecule has 0 aliphatic carbocycles. The lowest BCUT2D eigenvalue weighted by molar-refractivity contribution is 0.161. The molecule has 114 valence electrons. The number of fused-ring (bicyclic) bond motifs is 1. The molecular weight excluding hydrogens is 286 g/mol. The average molecular weight is 301 g/mol. The van der Waals surface area contributed by atoms with Crippen LogP contribution >= 0.6 is 0 Å². The normalized spacial score (nSPS) is 22.6. The van der Waals surface area contributed by atoms with E-state index < -0.39 is 6.10 Å². The molecule has 3 aromatic rings. The molecule has 0 bridgehead atoms. The first-order chi connectivity index (χ1) is 10.7. The summed E-state index contributed by atoms with van der Waals surface area (Å²) in [4.78, 5) is 13.5. The quantitative estimate of drug-likeness (QED) is 0.482. The van der Waals surface area contributed by atoms with Crippen LogP contribution in [0.3, 0.4) is 0 Å². The predicted molar refractivity (Wildman–Crippen MR) is 76.5 cm³/mol. The van der Waals surface area contributed by atoms with E-state index in [4.69, 9.17) is 5.73 Å². The minimum absolute atomic E-state index is 0.136. The van der Waals surface area contributed by atoms with Gasteiger partial charge in [-0.1, -0.05) is 5.21 Å². The third-order valence-corrected chi connectivity index (χ3v) is 4.02. The summed E-state index contributed by atoms with van der Waals surface area (Å²) in [5, 5.41) is 24.1. The first kappa shape index (κ1) is 13.1. The molecule has 1 fully saturated rings. The summed E-state index contributed by atoms with van der Waals surface area (Å²) in [5.74, 6) is 0.839. The average Bonchev–Trinajstić information content (AvgIpc) is 3.20. The van der Waals surface area contributed by atoms with Gasteiger partial charge in [-0.25, -0.2) is 9.97 Å². The van der Waals surface area contributed by atoms with Crippen molar-refractivity contribution in [2.75, 3.05) is 18.8 Å². The summed E-state index contributed by atoms with van der Waals surface area (Å²) in [5.41, 5.74) is 8.39. The molecule has 1 aliphatic heterocycles. The maximum atomic E-state index is 10.2. The molecule has 4 rings (SSSR count). The molecule has 2 atom stereocenters. The van der Waals surface area contributed by atoms with Crippen LogP contribution in [0.15, 0.2) is 12.5 Å². The van der Waals surface area contributed by atoms with Gasteiger partial charge in [-0.2, -0.15) is 5.21 Å². The molecule has 3 aromatic heterocycles. The van der Waals surface area contributed by atoms with Crippen molar-refractivity contribution in [3.63, 3.8) is 0 Å². The second-order valence-electron chi connectivity index (χ2n) is 5.43. The lowest BCUT2D eigenvalue weighted by atomic mass is 10.1. The number of aromatic amines is 2. The van der Waals surface area contributed by atoms with Crippen molar-refractivity contribution in [1.82, 2.24) is 40.5 Å². The molecule has 1 saturated heterocycles. The van der Waals surface area contributed by atoms with Crippen molar-refractivity contribution >= 4 is 16.9 Å². The van der Waals surface area contributed by atoms with Crippen LogP contribution in [0.4, 0.5) is 5.82 Å². The number of nitrogens with two attached hydrogens (primary N) is 1. The first-order valence-corrected chi connectivity index (χ1v) is 6.92. The highest BCUT2D eigenvalue weighted by Crippen LogP contribution is 2.27. The van der Waals surface area contributed by atoms with E-state index in [2.05, 4.69) is 40.5 Å². The van der Waals surface area contributed by atoms with Crippen molar-refractivity contribution in [2.45, 2.75) is 18.6 Å². The summed E-state index contributed by atoms with van der Waals surface area (Å²) in [6.45, 7) is 1.86. The number of anilines is 1. The number of likely N-dealkylation sites (tertiary alicyclic amines) is 1. The van der Waals surface area contributed by atoms with Gasteiger partial charge in [0.2, 0.25) is 0 Å². The number of nitrogen functional groups attached to an aromatic ring is 1. The van der Waals surface area contributed by atoms with E-state index in [-0.39, 0.29) is 5.92 Å². The van der Waals surface area contributed by atoms with Crippen LogP contribution < -0.4 is 5.73 Å². The van der Waals surface area contributed by atoms with Gasteiger partial charge in [0.05, 0.1) is 17.5 Å². The third kappa shape index (κ3) is 2.09. The molecule has 10 nitrogen and oxygen atoms in total. The summed E-state index contributed by atoms with van der Waals surface area (Å²) in [6, 6.07) is 0. The number of tetrazole rings is 1. The van der Waals surface area contributed by atoms with Crippen LogP contribution in [0.1, 0.15) is 17.3 Å². The number of nitrogens with one attached hydrogen (secondary N) is 2. The maximum absolute atomic E-state index is 10.2. The van der Waals surface area contributed by atoms with Gasteiger partial charge in [-0.05, 0) is 0 Å². The Labute approximate surface area is 124 Å². The zero-order valence-corrected chi connectivity index (χ0v) is 11.6. The van der Waals surface area contributed by atoms with Gasteiger partial charge < -0.3 is 15.8 Å². The number of aromatic nitrogens is 7. The predicted octanol–water partition coefficient (Wildman–Crippen LogP) is -0.986. The molecule has 22 heavy (non-hydrogen) atoms. The lowest BCUT2D eigenvalue weighted by Gasteiger charge is -2.13. The molecule has 0 saturated carbocycles. The Kier molecular flexibility index (Phi) is 2.98. The molecule has 0 radical (unpaired) electrons. The molecule has 2 unspecified atom stereocenters. The number of aliphatic hydroxyl groups is 1. The maximum Gasteiger partial charge on any atom is 0.181 e. The molecule has 10 heteroatoms. The van der Waals surface area contributed by atoms with E-state index in [1.807, 2.05) is 6.20 Å². The Balaban J connectivity index is 1.55. The van der Waals surface area contributed by atoms with Crippen molar-refractivity contribution in [1.29, 1.82) is 0 Å². The minimum atomic E-state index is -0.512. The SMILES string of the molecule is Nc1ncnc2c(CN3CC(O)C(c4nn[nH]n4)C3)c[nH]c12. The smallest absolute Gasteiger partial charge is 0.181 e. The standard InChI is InChI=1S/C12H15N9O/c13-11-10-9(15-5-16-11)6(1-14-10)2-21-3-7(8(22)4-21)12-17-19-20-18-12/h1,5,7-8,14,22H,2-4H2,(H2,13,15,16)(H,17,18,19,20). The fourth-order valence-electron chi connectivity index (χ4n) is 2.95. The Bertz CT molecular complexity index is 783. The van der Waals surface area contributed by atoms with E-state index in [0.717, 1.165) is 16.6 Å². The molecule has 0 spiro atoms. The van der Waals surface area contributed by atoms with Crippen LogP contribution in [0, 0.1) is 0 Å². The monoisotopic (exact) mass is 301 g/mol. The number of H-pyrrole nitrogens is 2. The number of aliphatic hydroxyl groups excluding tert-OH is 1. The van der Waals surface area contributed by atoms with Crippen LogP contribution in [0.5, 0.6) is 0 Å². The number of β-amino-alcohol motifs (C(OH)–C–C–N with tert-alkyl or cyclic N) is 1. The van der Waals surface area contributed by atoms with E-state index in [1.54, 1.807) is 0 Å². The van der Waals surface area contributed by atoms with Gasteiger partial charge in [-0.15, -0.1) is 10.2 Å². The topological polar surface area (TPSA) is 146 Å². The first-order valence-electron chi connectivity index (χ1n) is 6.92. The van der Waals surface area contributed by atoms with Gasteiger partial charge in [0, 0.05) is 31.4 Å². The van der Waals surface area contributed by atoms with E-state index in [9.17, 15) is 5.11 Å². The lowest BCUT2D eigenvalue weighted by Crippen LogP contribution is -2.21. The molecule has 5 N–H and O–H groups in total. The Morgan fingerprint density at radius 1 is 1.36 bits per heavy atom. The fourth-order valence-corrected chi connectivity index (χ4v) is 2.95. The largest absolute Gasteiger partial charge is 0.391 e. The van der Waals surface area contributed by atoms with Crippen LogP contribution in [-0.4, -0.2) is 64.8 Å². The fraction of sp³-hybridized carbons (Fsp3) is 0.417. The number of rotatable bonds is 3. The van der Waals surface area contributed by atoms with Gasteiger partial charge in [0.15, 0.2) is 11.6 Å². The number of hydrogen-bond acceptors (Lipinski definition) is 8. The molecular formula is C12H15N9O. The molecule has 0 aromatic carbocycles. The Morgan fingerprint density at radius 3 is 3.09 bits per heavy atom. The summed E-state index contributed by atoms with van der Waals surface area (Å²) < 4.78 is 0. The minimum Gasteiger partial charge on any atom is -0.391 e. The zero-order chi connectivity index (χ0) is 15.1. The highest BCUT2D eigenvalue weighted by atomic mass is 16.3. The summed E-state index contributed by atoms with van der Waals surface area (Å²) in [6.07, 6.45) is 2.82. The Hall–Kier alpha value is -2.59. The van der Waals surface area contributed by atoms with Crippen molar-refractivity contribution < 1.29 is 5.11 Å². The molecule has 0 amide bonds. The van der Waals surface area contributed by atoms with Crippen LogP contribution in [-0.2, 0) is 6.54 Å².